The highest BCUT2D eigenvalue weighted by atomic mass is 32.1. The first-order valence-electron chi connectivity index (χ1n) is 4.98. The van der Waals surface area contributed by atoms with Crippen LogP contribution < -0.4 is 4.74 Å². The van der Waals surface area contributed by atoms with E-state index >= 15 is 0 Å². The summed E-state index contributed by atoms with van der Waals surface area (Å²) in [7, 11) is 0. The first-order chi connectivity index (χ1) is 7.88. The van der Waals surface area contributed by atoms with E-state index < -0.39 is 0 Å². The Morgan fingerprint density at radius 3 is 2.56 bits per heavy atom. The summed E-state index contributed by atoms with van der Waals surface area (Å²) in [5, 5.41) is 0. The lowest BCUT2D eigenvalue weighted by Crippen LogP contribution is -1.94. The van der Waals surface area contributed by atoms with Crippen LogP contribution in [0.4, 0.5) is 5.69 Å². The summed E-state index contributed by atoms with van der Waals surface area (Å²) in [6.45, 7) is 0.557. The zero-order valence-corrected chi connectivity index (χ0v) is 9.48. The highest BCUT2D eigenvalue weighted by Crippen LogP contribution is 2.20. The lowest BCUT2D eigenvalue weighted by molar-refractivity contribution is 0.306. The number of benzene rings is 2. The maximum absolute atomic E-state index is 5.63. The third-order valence-corrected chi connectivity index (χ3v) is 2.38. The van der Waals surface area contributed by atoms with Gasteiger partial charge in [-0.15, -0.1) is 0 Å². The van der Waals surface area contributed by atoms with Crippen LogP contribution in [0.15, 0.2) is 59.0 Å². The molecule has 2 nitrogen and oxygen atoms in total. The quantitative estimate of drug-likeness (QED) is 0.798. The topological polar surface area (TPSA) is 21.6 Å². The molecule has 2 rings (SSSR count). The van der Waals surface area contributed by atoms with Gasteiger partial charge >= 0.3 is 0 Å². The maximum atomic E-state index is 5.63. The molecule has 0 aromatic heterocycles. The number of ether oxygens (including phenoxy) is 1. The van der Waals surface area contributed by atoms with Gasteiger partial charge in [-0.2, -0.15) is 4.36 Å². The van der Waals surface area contributed by atoms with Gasteiger partial charge in [-0.05, 0) is 17.7 Å². The molecule has 0 atom stereocenters. The molecular weight excluding hydrogens is 218 g/mol. The van der Waals surface area contributed by atoms with Crippen LogP contribution in [0.2, 0.25) is 0 Å². The summed E-state index contributed by atoms with van der Waals surface area (Å²) in [5.41, 5.74) is 1.89. The van der Waals surface area contributed by atoms with Crippen molar-refractivity contribution in [2.45, 2.75) is 6.61 Å². The highest BCUT2D eigenvalue weighted by Gasteiger charge is 1.96. The van der Waals surface area contributed by atoms with Gasteiger partial charge in [0.1, 0.15) is 12.4 Å². The lowest BCUT2D eigenvalue weighted by atomic mass is 10.2. The second-order valence-corrected chi connectivity index (χ2v) is 3.55. The van der Waals surface area contributed by atoms with Crippen molar-refractivity contribution in [1.82, 2.24) is 0 Å². The summed E-state index contributed by atoms with van der Waals surface area (Å²) in [6, 6.07) is 17.5. The smallest absolute Gasteiger partial charge is 0.122 e. The van der Waals surface area contributed by atoms with Crippen LogP contribution in [0.5, 0.6) is 5.75 Å². The molecule has 2 aromatic carbocycles. The SMILES string of the molecule is S=Nc1cccc(OCc2ccccc2)c1. The fourth-order valence-corrected chi connectivity index (χ4v) is 1.48. The van der Waals surface area contributed by atoms with Gasteiger partial charge in [0.15, 0.2) is 0 Å². The van der Waals surface area contributed by atoms with Crippen molar-refractivity contribution in [2.24, 2.45) is 4.36 Å². The standard InChI is InChI=1S/C13H11NOS/c16-14-12-7-4-8-13(9-12)15-10-11-5-2-1-3-6-11/h1-9H,10H2. The Kier molecular flexibility index (Phi) is 3.62. The van der Waals surface area contributed by atoms with E-state index in [9.17, 15) is 0 Å². The predicted molar refractivity (Wildman–Crippen MR) is 66.7 cm³/mol. The molecule has 0 amide bonds. The largest absolute Gasteiger partial charge is 0.489 e. The molecule has 3 heteroatoms. The molecule has 0 fully saturated rings. The molecule has 0 radical (unpaired) electrons. The molecule has 0 saturated heterocycles. The Bertz CT molecular complexity index is 470. The molecule has 0 spiro atoms. The number of nitrogens with zero attached hydrogens (tertiary/aromatic N) is 1. The second-order valence-electron chi connectivity index (χ2n) is 3.36. The van der Waals surface area contributed by atoms with Crippen LogP contribution >= 0.6 is 0 Å². The number of rotatable bonds is 4. The first-order valence-corrected chi connectivity index (χ1v) is 5.35. The van der Waals surface area contributed by atoms with E-state index in [1.807, 2.05) is 54.6 Å². The monoisotopic (exact) mass is 229 g/mol. The van der Waals surface area contributed by atoms with E-state index in [4.69, 9.17) is 4.74 Å². The van der Waals surface area contributed by atoms with E-state index in [2.05, 4.69) is 16.8 Å². The van der Waals surface area contributed by atoms with Gasteiger partial charge in [-0.3, -0.25) is 0 Å². The second kappa shape index (κ2) is 5.37. The van der Waals surface area contributed by atoms with Crippen molar-refractivity contribution in [3.63, 3.8) is 0 Å². The van der Waals surface area contributed by atoms with Crippen molar-refractivity contribution in [1.29, 1.82) is 0 Å². The third kappa shape index (κ3) is 2.87. The molecule has 0 aliphatic heterocycles. The molecule has 0 saturated carbocycles. The Morgan fingerprint density at radius 1 is 1.00 bits per heavy atom. The van der Waals surface area contributed by atoms with Crippen molar-refractivity contribution >= 4 is 18.1 Å². The Morgan fingerprint density at radius 2 is 1.81 bits per heavy atom. The molecule has 0 aliphatic carbocycles. The van der Waals surface area contributed by atoms with E-state index in [-0.39, 0.29) is 0 Å². The lowest BCUT2D eigenvalue weighted by Gasteiger charge is -2.06. The van der Waals surface area contributed by atoms with Crippen molar-refractivity contribution in [3.05, 3.63) is 60.2 Å². The molecule has 0 heterocycles. The maximum Gasteiger partial charge on any atom is 0.122 e. The van der Waals surface area contributed by atoms with Gasteiger partial charge in [0.2, 0.25) is 0 Å². The number of hydrogen-bond acceptors (Lipinski definition) is 3. The van der Waals surface area contributed by atoms with E-state index in [0.29, 0.717) is 6.61 Å². The highest BCUT2D eigenvalue weighted by molar-refractivity contribution is 7.47. The molecule has 2 aromatic rings. The van der Waals surface area contributed by atoms with Crippen LogP contribution in [0.1, 0.15) is 5.56 Å². The zero-order chi connectivity index (χ0) is 11.2. The minimum Gasteiger partial charge on any atom is -0.489 e. The van der Waals surface area contributed by atoms with Crippen LogP contribution in [-0.2, 0) is 19.0 Å². The van der Waals surface area contributed by atoms with Gasteiger partial charge in [-0.1, -0.05) is 36.4 Å². The molecule has 0 unspecified atom stereocenters. The van der Waals surface area contributed by atoms with Crippen LogP contribution in [-0.4, -0.2) is 0 Å². The molecule has 0 aliphatic rings. The average Bonchev–Trinajstić information content (AvgIpc) is 2.38. The van der Waals surface area contributed by atoms with Gasteiger partial charge in [0.25, 0.3) is 0 Å². The van der Waals surface area contributed by atoms with Crippen molar-refractivity contribution in [3.8, 4) is 5.75 Å². The van der Waals surface area contributed by atoms with Crippen LogP contribution in [0, 0.1) is 0 Å². The molecular formula is C13H11NOS. The Balaban J connectivity index is 2.02. The van der Waals surface area contributed by atoms with E-state index in [1.165, 1.54) is 0 Å². The minimum atomic E-state index is 0.557. The summed E-state index contributed by atoms with van der Waals surface area (Å²) in [6.07, 6.45) is 0. The summed E-state index contributed by atoms with van der Waals surface area (Å²) in [5.74, 6) is 0.787. The Labute approximate surface area is 100 Å². The first kappa shape index (κ1) is 10.8. The fraction of sp³-hybridized carbons (Fsp3) is 0.0769. The molecule has 80 valence electrons. The molecule has 0 bridgehead atoms. The third-order valence-electron chi connectivity index (χ3n) is 2.17. The van der Waals surface area contributed by atoms with E-state index in [1.54, 1.807) is 0 Å². The van der Waals surface area contributed by atoms with Crippen LogP contribution in [0.25, 0.3) is 0 Å². The zero-order valence-electron chi connectivity index (χ0n) is 8.67. The van der Waals surface area contributed by atoms with Crippen molar-refractivity contribution < 1.29 is 4.74 Å². The summed E-state index contributed by atoms with van der Waals surface area (Å²) >= 11 is 4.63. The average molecular weight is 229 g/mol. The van der Waals surface area contributed by atoms with Gasteiger partial charge in [0.05, 0.1) is 5.69 Å². The van der Waals surface area contributed by atoms with Gasteiger partial charge in [-0.25, -0.2) is 0 Å². The predicted octanol–water partition coefficient (Wildman–Crippen LogP) is 3.63. The Hall–Kier alpha value is -1.74. The minimum absolute atomic E-state index is 0.557. The van der Waals surface area contributed by atoms with Crippen LogP contribution in [0.3, 0.4) is 0 Å². The normalized spacial score (nSPS) is 9.75. The summed E-state index contributed by atoms with van der Waals surface area (Å²) < 4.78 is 9.32. The summed E-state index contributed by atoms with van der Waals surface area (Å²) in [4.78, 5) is 0. The molecule has 16 heavy (non-hydrogen) atoms. The van der Waals surface area contributed by atoms with Crippen molar-refractivity contribution in [2.75, 3.05) is 0 Å². The number of hydrogen-bond donors (Lipinski definition) is 0. The van der Waals surface area contributed by atoms with Gasteiger partial charge in [0, 0.05) is 18.5 Å². The fourth-order valence-electron chi connectivity index (χ4n) is 1.37. The molecule has 0 N–H and O–H groups in total. The van der Waals surface area contributed by atoms with Gasteiger partial charge < -0.3 is 4.74 Å². The van der Waals surface area contributed by atoms with E-state index in [0.717, 1.165) is 17.0 Å².